The smallest absolute Gasteiger partial charge is 0.341 e. The molecule has 0 atom stereocenters. The van der Waals surface area contributed by atoms with Crippen molar-refractivity contribution in [3.63, 3.8) is 0 Å². The summed E-state index contributed by atoms with van der Waals surface area (Å²) in [7, 11) is 0. The quantitative estimate of drug-likeness (QED) is 0.505. The normalized spacial score (nSPS) is 10.5. The van der Waals surface area contributed by atoms with E-state index < -0.39 is 5.97 Å². The third-order valence-corrected chi connectivity index (χ3v) is 2.99. The minimum Gasteiger partial charge on any atom is -0.507 e. The van der Waals surface area contributed by atoms with Crippen LogP contribution < -0.4 is 5.32 Å². The van der Waals surface area contributed by atoms with Crippen LogP contribution in [-0.2, 0) is 9.53 Å². The van der Waals surface area contributed by atoms with Crippen LogP contribution in [0.3, 0.4) is 0 Å². The van der Waals surface area contributed by atoms with Gasteiger partial charge in [-0.2, -0.15) is 0 Å². The Kier molecular flexibility index (Phi) is 5.52. The molecular weight excluding hydrogens is 294 g/mol. The molecule has 2 rings (SSSR count). The molecule has 0 aliphatic rings. The molecule has 0 heterocycles. The number of phenols is 1. The molecule has 0 aromatic heterocycles. The molecule has 2 N–H and O–H groups in total. The molecule has 118 valence electrons. The number of carbonyl (C=O) groups excluding carboxylic acids is 2. The maximum Gasteiger partial charge on any atom is 0.341 e. The van der Waals surface area contributed by atoms with E-state index in [1.54, 1.807) is 13.0 Å². The van der Waals surface area contributed by atoms with Gasteiger partial charge in [0, 0.05) is 11.8 Å². The van der Waals surface area contributed by atoms with Crippen LogP contribution in [0.5, 0.6) is 5.75 Å². The lowest BCUT2D eigenvalue weighted by molar-refractivity contribution is -0.111. The summed E-state index contributed by atoms with van der Waals surface area (Å²) in [6.45, 7) is 1.88. The molecule has 0 radical (unpaired) electrons. The van der Waals surface area contributed by atoms with Crippen LogP contribution >= 0.6 is 0 Å². The van der Waals surface area contributed by atoms with Gasteiger partial charge in [0.05, 0.1) is 6.61 Å². The van der Waals surface area contributed by atoms with Crippen molar-refractivity contribution in [3.05, 3.63) is 65.7 Å². The van der Waals surface area contributed by atoms with Gasteiger partial charge in [-0.15, -0.1) is 0 Å². The summed E-state index contributed by atoms with van der Waals surface area (Å²) in [6, 6.07) is 13.6. The number of hydrogen-bond donors (Lipinski definition) is 2. The maximum atomic E-state index is 11.9. The number of amides is 1. The number of phenolic OH excluding ortho intramolecular Hbond substituents is 1. The second-order valence-corrected chi connectivity index (χ2v) is 4.69. The van der Waals surface area contributed by atoms with Crippen LogP contribution in [0.4, 0.5) is 5.69 Å². The maximum absolute atomic E-state index is 11.9. The summed E-state index contributed by atoms with van der Waals surface area (Å²) in [5.74, 6) is -1.17. The number of benzene rings is 2. The number of hydrogen-bond acceptors (Lipinski definition) is 4. The number of rotatable bonds is 5. The Balaban J connectivity index is 2.08. The lowest BCUT2D eigenvalue weighted by Crippen LogP contribution is -2.10. The zero-order valence-corrected chi connectivity index (χ0v) is 12.7. The van der Waals surface area contributed by atoms with Crippen LogP contribution in [0.1, 0.15) is 22.8 Å². The Morgan fingerprint density at radius 1 is 1.17 bits per heavy atom. The Hall–Kier alpha value is -3.08. The molecule has 0 fully saturated rings. The van der Waals surface area contributed by atoms with Crippen molar-refractivity contribution in [2.45, 2.75) is 6.92 Å². The van der Waals surface area contributed by atoms with E-state index in [-0.39, 0.29) is 23.8 Å². The van der Waals surface area contributed by atoms with E-state index in [2.05, 4.69) is 5.32 Å². The Morgan fingerprint density at radius 3 is 2.61 bits per heavy atom. The topological polar surface area (TPSA) is 75.6 Å². The van der Waals surface area contributed by atoms with Gasteiger partial charge in [-0.3, -0.25) is 4.79 Å². The van der Waals surface area contributed by atoms with Gasteiger partial charge in [0.1, 0.15) is 11.3 Å². The van der Waals surface area contributed by atoms with Gasteiger partial charge >= 0.3 is 5.97 Å². The van der Waals surface area contributed by atoms with Crippen molar-refractivity contribution in [3.8, 4) is 5.75 Å². The van der Waals surface area contributed by atoms with Crippen molar-refractivity contribution in [1.29, 1.82) is 0 Å². The van der Waals surface area contributed by atoms with Crippen LogP contribution in [0.15, 0.2) is 54.6 Å². The summed E-state index contributed by atoms with van der Waals surface area (Å²) in [4.78, 5) is 23.6. The van der Waals surface area contributed by atoms with E-state index in [4.69, 9.17) is 4.74 Å². The van der Waals surface area contributed by atoms with Gasteiger partial charge in [0.25, 0.3) is 0 Å². The van der Waals surface area contributed by atoms with Crippen molar-refractivity contribution in [2.75, 3.05) is 11.9 Å². The number of carbonyl (C=O) groups is 2. The lowest BCUT2D eigenvalue weighted by atomic mass is 10.1. The number of nitrogens with one attached hydrogen (secondary N) is 1. The van der Waals surface area contributed by atoms with Crippen LogP contribution in [-0.4, -0.2) is 23.6 Å². The molecule has 0 spiro atoms. The first kappa shape index (κ1) is 16.3. The molecule has 0 unspecified atom stereocenters. The molecular formula is C18H17NO4. The summed E-state index contributed by atoms with van der Waals surface area (Å²) >= 11 is 0. The first-order valence-corrected chi connectivity index (χ1v) is 7.14. The van der Waals surface area contributed by atoms with Crippen LogP contribution in [0, 0.1) is 0 Å². The minimum atomic E-state index is -0.638. The SMILES string of the molecule is CCOC(=O)c1cc(NC(=O)/C=C\c2ccccc2)ccc1O. The highest BCUT2D eigenvalue weighted by Crippen LogP contribution is 2.22. The molecule has 5 heteroatoms. The fraction of sp³-hybridized carbons (Fsp3) is 0.111. The minimum absolute atomic E-state index is 0.0108. The van der Waals surface area contributed by atoms with Crippen molar-refractivity contribution in [2.24, 2.45) is 0 Å². The zero-order valence-electron chi connectivity index (χ0n) is 12.7. The van der Waals surface area contributed by atoms with E-state index in [1.165, 1.54) is 24.3 Å². The largest absolute Gasteiger partial charge is 0.507 e. The average Bonchev–Trinajstić information content (AvgIpc) is 2.56. The molecule has 5 nitrogen and oxygen atoms in total. The molecule has 0 aliphatic heterocycles. The first-order chi connectivity index (χ1) is 11.1. The molecule has 0 aliphatic carbocycles. The predicted molar refractivity (Wildman–Crippen MR) is 88.2 cm³/mol. The average molecular weight is 311 g/mol. The molecule has 0 bridgehead atoms. The van der Waals surface area contributed by atoms with Crippen molar-refractivity contribution in [1.82, 2.24) is 0 Å². The van der Waals surface area contributed by atoms with Crippen LogP contribution in [0.2, 0.25) is 0 Å². The second-order valence-electron chi connectivity index (χ2n) is 4.69. The highest BCUT2D eigenvalue weighted by Gasteiger charge is 2.13. The number of esters is 1. The van der Waals surface area contributed by atoms with Gasteiger partial charge in [-0.05, 0) is 36.8 Å². The van der Waals surface area contributed by atoms with Crippen molar-refractivity contribution < 1.29 is 19.4 Å². The molecule has 0 saturated heterocycles. The number of anilines is 1. The standard InChI is InChI=1S/C18H17NO4/c1-2-23-18(22)15-12-14(9-10-16(15)20)19-17(21)11-8-13-6-4-3-5-7-13/h3-12,20H,2H2,1H3,(H,19,21)/b11-8-. The molecule has 2 aromatic rings. The summed E-state index contributed by atoms with van der Waals surface area (Å²) < 4.78 is 4.85. The van der Waals surface area contributed by atoms with Gasteiger partial charge in [0.2, 0.25) is 5.91 Å². The molecule has 2 aromatic carbocycles. The van der Waals surface area contributed by atoms with E-state index in [1.807, 2.05) is 30.3 Å². The fourth-order valence-corrected chi connectivity index (χ4v) is 1.91. The van der Waals surface area contributed by atoms with Crippen LogP contribution in [0.25, 0.3) is 6.08 Å². The Bertz CT molecular complexity index is 723. The van der Waals surface area contributed by atoms with Gasteiger partial charge in [0.15, 0.2) is 0 Å². The Morgan fingerprint density at radius 2 is 1.91 bits per heavy atom. The second kappa shape index (κ2) is 7.79. The lowest BCUT2D eigenvalue weighted by Gasteiger charge is -2.07. The van der Waals surface area contributed by atoms with Gasteiger partial charge < -0.3 is 15.2 Å². The first-order valence-electron chi connectivity index (χ1n) is 7.14. The van der Waals surface area contributed by atoms with E-state index in [0.717, 1.165) is 5.56 Å². The predicted octanol–water partition coefficient (Wildman–Crippen LogP) is 3.22. The Labute approximate surface area is 134 Å². The number of ether oxygens (including phenoxy) is 1. The van der Waals surface area contributed by atoms with Crippen molar-refractivity contribution >= 4 is 23.6 Å². The molecule has 23 heavy (non-hydrogen) atoms. The van der Waals surface area contributed by atoms with Gasteiger partial charge in [-0.1, -0.05) is 30.3 Å². The van der Waals surface area contributed by atoms with Gasteiger partial charge in [-0.25, -0.2) is 4.79 Å². The third kappa shape index (κ3) is 4.71. The van der Waals surface area contributed by atoms with E-state index in [0.29, 0.717) is 5.69 Å². The monoisotopic (exact) mass is 311 g/mol. The summed E-state index contributed by atoms with van der Waals surface area (Å²) in [5.41, 5.74) is 1.31. The highest BCUT2D eigenvalue weighted by molar-refractivity contribution is 6.03. The third-order valence-electron chi connectivity index (χ3n) is 2.99. The molecule has 1 amide bonds. The highest BCUT2D eigenvalue weighted by atomic mass is 16.5. The summed E-state index contributed by atoms with van der Waals surface area (Å²) in [5, 5.41) is 12.3. The van der Waals surface area contributed by atoms with E-state index >= 15 is 0 Å². The fourth-order valence-electron chi connectivity index (χ4n) is 1.91. The number of aromatic hydroxyl groups is 1. The zero-order chi connectivity index (χ0) is 16.7. The summed E-state index contributed by atoms with van der Waals surface area (Å²) in [6.07, 6.45) is 3.08. The molecule has 0 saturated carbocycles. The van der Waals surface area contributed by atoms with E-state index in [9.17, 15) is 14.7 Å².